The molecule has 0 radical (unpaired) electrons. The summed E-state index contributed by atoms with van der Waals surface area (Å²) in [6.07, 6.45) is 0.557. The monoisotopic (exact) mass is 451 g/mol. The van der Waals surface area contributed by atoms with Crippen molar-refractivity contribution < 1.29 is 14.3 Å². The minimum Gasteiger partial charge on any atom is -0.378 e. The van der Waals surface area contributed by atoms with E-state index in [0.717, 1.165) is 43.2 Å². The van der Waals surface area contributed by atoms with Crippen molar-refractivity contribution in [3.05, 3.63) is 59.7 Å². The van der Waals surface area contributed by atoms with Crippen molar-refractivity contribution >= 4 is 23.2 Å². The van der Waals surface area contributed by atoms with Crippen LogP contribution in [0.3, 0.4) is 0 Å². The average molecular weight is 452 g/mol. The molecule has 1 aliphatic heterocycles. The predicted molar refractivity (Wildman–Crippen MR) is 134 cm³/mol. The Labute approximate surface area is 197 Å². The van der Waals surface area contributed by atoms with Crippen LogP contribution < -0.4 is 15.5 Å². The molecule has 1 fully saturated rings. The van der Waals surface area contributed by atoms with Gasteiger partial charge in [-0.1, -0.05) is 52.8 Å². The summed E-state index contributed by atoms with van der Waals surface area (Å²) < 4.78 is 5.41. The maximum atomic E-state index is 13.2. The molecular weight excluding hydrogens is 414 g/mol. The van der Waals surface area contributed by atoms with E-state index < -0.39 is 6.04 Å². The summed E-state index contributed by atoms with van der Waals surface area (Å²) in [7, 11) is 0. The highest BCUT2D eigenvalue weighted by molar-refractivity contribution is 6.02. The Morgan fingerprint density at radius 2 is 1.64 bits per heavy atom. The number of morpholine rings is 1. The third-order valence-electron chi connectivity index (χ3n) is 5.82. The number of anilines is 2. The van der Waals surface area contributed by atoms with Crippen molar-refractivity contribution in [2.24, 2.45) is 5.92 Å². The van der Waals surface area contributed by atoms with Crippen LogP contribution in [0.2, 0.25) is 0 Å². The SMILES string of the molecule is CC(C)CC(NC(=O)c1ccccc1C(C)(C)C)C(=O)Nc1ccc(N2CCOCC2)cc1. The van der Waals surface area contributed by atoms with Crippen molar-refractivity contribution in [1.29, 1.82) is 0 Å². The number of ether oxygens (including phenoxy) is 1. The topological polar surface area (TPSA) is 70.7 Å². The Hall–Kier alpha value is -2.86. The van der Waals surface area contributed by atoms with E-state index in [1.54, 1.807) is 0 Å². The minimum absolute atomic E-state index is 0.175. The fourth-order valence-electron chi connectivity index (χ4n) is 4.08. The lowest BCUT2D eigenvalue weighted by Crippen LogP contribution is -2.45. The number of carbonyl (C=O) groups is 2. The predicted octanol–water partition coefficient (Wildman–Crippen LogP) is 4.60. The Kier molecular flexibility index (Phi) is 8.14. The second kappa shape index (κ2) is 10.8. The molecule has 1 aliphatic rings. The molecule has 33 heavy (non-hydrogen) atoms. The lowest BCUT2D eigenvalue weighted by molar-refractivity contribution is -0.118. The first kappa shape index (κ1) is 24.8. The van der Waals surface area contributed by atoms with Gasteiger partial charge in [-0.25, -0.2) is 0 Å². The van der Waals surface area contributed by atoms with Crippen molar-refractivity contribution in [1.82, 2.24) is 5.32 Å². The molecule has 2 aromatic rings. The number of rotatable bonds is 7. The van der Waals surface area contributed by atoms with E-state index in [0.29, 0.717) is 12.0 Å². The second-order valence-corrected chi connectivity index (χ2v) is 10.1. The van der Waals surface area contributed by atoms with Crippen LogP contribution in [0.1, 0.15) is 57.0 Å². The van der Waals surface area contributed by atoms with Crippen LogP contribution in [0, 0.1) is 5.92 Å². The van der Waals surface area contributed by atoms with Crippen LogP contribution in [0.4, 0.5) is 11.4 Å². The normalized spacial score (nSPS) is 15.3. The number of nitrogens with one attached hydrogen (secondary N) is 2. The van der Waals surface area contributed by atoms with E-state index in [-0.39, 0.29) is 23.1 Å². The molecule has 3 rings (SSSR count). The quantitative estimate of drug-likeness (QED) is 0.645. The fourth-order valence-corrected chi connectivity index (χ4v) is 4.08. The van der Waals surface area contributed by atoms with Crippen LogP contribution in [-0.4, -0.2) is 44.2 Å². The summed E-state index contributed by atoms with van der Waals surface area (Å²) in [6.45, 7) is 13.5. The third kappa shape index (κ3) is 6.81. The van der Waals surface area contributed by atoms with E-state index in [4.69, 9.17) is 4.74 Å². The molecule has 0 spiro atoms. The van der Waals surface area contributed by atoms with E-state index in [1.807, 2.05) is 62.4 Å². The molecule has 1 atom stereocenters. The van der Waals surface area contributed by atoms with Gasteiger partial charge in [0.05, 0.1) is 13.2 Å². The standard InChI is InChI=1S/C27H37N3O3/c1-19(2)18-24(29-25(31)22-8-6-7-9-23(22)27(3,4)5)26(32)28-20-10-12-21(13-11-20)30-14-16-33-17-15-30/h6-13,19,24H,14-18H2,1-5H3,(H,28,32)(H,29,31). The first-order chi connectivity index (χ1) is 15.6. The molecule has 2 aromatic carbocycles. The Balaban J connectivity index is 1.71. The minimum atomic E-state index is -0.621. The summed E-state index contributed by atoms with van der Waals surface area (Å²) in [5.41, 5.74) is 3.23. The van der Waals surface area contributed by atoms with Gasteiger partial charge < -0.3 is 20.3 Å². The molecule has 0 bridgehead atoms. The summed E-state index contributed by atoms with van der Waals surface area (Å²) in [4.78, 5) is 28.6. The van der Waals surface area contributed by atoms with Gasteiger partial charge in [0.25, 0.3) is 5.91 Å². The number of carbonyl (C=O) groups excluding carboxylic acids is 2. The summed E-state index contributed by atoms with van der Waals surface area (Å²) in [5, 5.41) is 5.97. The lowest BCUT2D eigenvalue weighted by atomic mass is 9.83. The van der Waals surface area contributed by atoms with Gasteiger partial charge in [-0.15, -0.1) is 0 Å². The summed E-state index contributed by atoms with van der Waals surface area (Å²) >= 11 is 0. The van der Waals surface area contributed by atoms with Gasteiger partial charge in [0.15, 0.2) is 0 Å². The van der Waals surface area contributed by atoms with Gasteiger partial charge in [0.2, 0.25) is 5.91 Å². The van der Waals surface area contributed by atoms with E-state index >= 15 is 0 Å². The van der Waals surface area contributed by atoms with Crippen molar-refractivity contribution in [2.45, 2.75) is 52.5 Å². The molecule has 0 saturated carbocycles. The molecule has 6 nitrogen and oxygen atoms in total. The lowest BCUT2D eigenvalue weighted by Gasteiger charge is -2.29. The molecule has 6 heteroatoms. The van der Waals surface area contributed by atoms with Gasteiger partial charge in [-0.3, -0.25) is 9.59 Å². The molecule has 1 heterocycles. The number of hydrogen-bond acceptors (Lipinski definition) is 4. The smallest absolute Gasteiger partial charge is 0.252 e. The van der Waals surface area contributed by atoms with Crippen LogP contribution in [0.15, 0.2) is 48.5 Å². The zero-order chi connectivity index (χ0) is 24.0. The summed E-state index contributed by atoms with van der Waals surface area (Å²) in [6, 6.07) is 14.8. The number of nitrogens with zero attached hydrogens (tertiary/aromatic N) is 1. The highest BCUT2D eigenvalue weighted by atomic mass is 16.5. The first-order valence-electron chi connectivity index (χ1n) is 11.8. The number of benzene rings is 2. The number of amides is 2. The average Bonchev–Trinajstić information content (AvgIpc) is 2.79. The molecule has 0 aliphatic carbocycles. The van der Waals surface area contributed by atoms with E-state index in [9.17, 15) is 9.59 Å². The van der Waals surface area contributed by atoms with Crippen LogP contribution in [0.25, 0.3) is 0 Å². The van der Waals surface area contributed by atoms with Crippen molar-refractivity contribution in [3.63, 3.8) is 0 Å². The zero-order valence-corrected chi connectivity index (χ0v) is 20.5. The highest BCUT2D eigenvalue weighted by Crippen LogP contribution is 2.26. The van der Waals surface area contributed by atoms with Crippen molar-refractivity contribution in [3.8, 4) is 0 Å². The first-order valence-corrected chi connectivity index (χ1v) is 11.8. The van der Waals surface area contributed by atoms with Crippen molar-refractivity contribution in [2.75, 3.05) is 36.5 Å². The zero-order valence-electron chi connectivity index (χ0n) is 20.5. The van der Waals surface area contributed by atoms with E-state index in [1.165, 1.54) is 0 Å². The second-order valence-electron chi connectivity index (χ2n) is 10.1. The Bertz CT molecular complexity index is 942. The molecule has 178 valence electrons. The third-order valence-corrected chi connectivity index (χ3v) is 5.82. The molecule has 2 N–H and O–H groups in total. The van der Waals surface area contributed by atoms with Crippen LogP contribution in [-0.2, 0) is 14.9 Å². The Morgan fingerprint density at radius 1 is 1.00 bits per heavy atom. The van der Waals surface area contributed by atoms with Gasteiger partial charge in [0, 0.05) is 30.0 Å². The van der Waals surface area contributed by atoms with Gasteiger partial charge in [-0.2, -0.15) is 0 Å². The van der Waals surface area contributed by atoms with Gasteiger partial charge in [0.1, 0.15) is 6.04 Å². The fraction of sp³-hybridized carbons (Fsp3) is 0.481. The largest absolute Gasteiger partial charge is 0.378 e. The number of hydrogen-bond donors (Lipinski definition) is 2. The maximum absolute atomic E-state index is 13.2. The molecule has 1 unspecified atom stereocenters. The van der Waals surface area contributed by atoms with Gasteiger partial charge in [-0.05, 0) is 53.6 Å². The van der Waals surface area contributed by atoms with E-state index in [2.05, 4.69) is 36.3 Å². The van der Waals surface area contributed by atoms with Crippen LogP contribution >= 0.6 is 0 Å². The highest BCUT2D eigenvalue weighted by Gasteiger charge is 2.26. The van der Waals surface area contributed by atoms with Crippen LogP contribution in [0.5, 0.6) is 0 Å². The molecule has 1 saturated heterocycles. The maximum Gasteiger partial charge on any atom is 0.252 e. The molecule has 2 amide bonds. The molecule has 0 aromatic heterocycles. The molecular formula is C27H37N3O3. The summed E-state index contributed by atoms with van der Waals surface area (Å²) in [5.74, 6) is -0.170. The Morgan fingerprint density at radius 3 is 2.24 bits per heavy atom. The van der Waals surface area contributed by atoms with Gasteiger partial charge >= 0.3 is 0 Å².